The molecule has 0 aliphatic carbocycles. The summed E-state index contributed by atoms with van der Waals surface area (Å²) in [7, 11) is 1.59. The lowest BCUT2D eigenvalue weighted by atomic mass is 9.97. The molecule has 5 rings (SSSR count). The summed E-state index contributed by atoms with van der Waals surface area (Å²) in [6.45, 7) is 1.90. The maximum atomic E-state index is 13.5. The lowest BCUT2D eigenvalue weighted by molar-refractivity contribution is 0.102. The van der Waals surface area contributed by atoms with Crippen molar-refractivity contribution in [2.75, 3.05) is 12.4 Å². The summed E-state index contributed by atoms with van der Waals surface area (Å²) in [4.78, 5) is 18.2. The number of anilines is 1. The fourth-order valence-electron chi connectivity index (χ4n) is 4.03. The van der Waals surface area contributed by atoms with E-state index in [2.05, 4.69) is 5.32 Å². The molecular formula is C30H24N2O4. The number of nitrogens with zero attached hydrogens (tertiary/aromatic N) is 1. The van der Waals surface area contributed by atoms with Crippen molar-refractivity contribution in [1.82, 2.24) is 4.98 Å². The van der Waals surface area contributed by atoms with E-state index in [-0.39, 0.29) is 17.5 Å². The van der Waals surface area contributed by atoms with Gasteiger partial charge in [0.2, 0.25) is 11.8 Å². The van der Waals surface area contributed by atoms with Crippen LogP contribution in [0.25, 0.3) is 33.8 Å². The third kappa shape index (κ3) is 4.57. The minimum absolute atomic E-state index is 0.110. The largest absolute Gasteiger partial charge is 0.507 e. The summed E-state index contributed by atoms with van der Waals surface area (Å²) >= 11 is 0. The molecule has 4 aromatic carbocycles. The molecule has 0 bridgehead atoms. The van der Waals surface area contributed by atoms with Crippen LogP contribution in [0.2, 0.25) is 0 Å². The molecule has 2 N–H and O–H groups in total. The van der Waals surface area contributed by atoms with Gasteiger partial charge in [0.1, 0.15) is 17.2 Å². The highest BCUT2D eigenvalue weighted by atomic mass is 16.5. The molecule has 0 saturated heterocycles. The standard InChI is InChI=1S/C30H24N2O4/c1-19-15-16-24(26(33)17-19)23-13-6-7-14-25(23)28(34)32-30-27(21-11-8-12-22(18-21)35-2)31-29(36-30)20-9-4-3-5-10-20/h3-18,33H,1-2H3,(H,32,34). The minimum atomic E-state index is -0.384. The molecule has 1 amide bonds. The molecule has 0 aliphatic heterocycles. The minimum Gasteiger partial charge on any atom is -0.507 e. The second-order valence-corrected chi connectivity index (χ2v) is 8.32. The van der Waals surface area contributed by atoms with Gasteiger partial charge in [-0.25, -0.2) is 4.98 Å². The van der Waals surface area contributed by atoms with Crippen LogP contribution in [-0.4, -0.2) is 23.1 Å². The van der Waals surface area contributed by atoms with Crippen LogP contribution in [0.1, 0.15) is 15.9 Å². The van der Waals surface area contributed by atoms with Gasteiger partial charge in [0.05, 0.1) is 7.11 Å². The van der Waals surface area contributed by atoms with Crippen molar-refractivity contribution < 1.29 is 19.1 Å². The molecule has 0 atom stereocenters. The van der Waals surface area contributed by atoms with Gasteiger partial charge in [-0.2, -0.15) is 0 Å². The van der Waals surface area contributed by atoms with E-state index in [1.54, 1.807) is 37.4 Å². The topological polar surface area (TPSA) is 84.6 Å². The van der Waals surface area contributed by atoms with Gasteiger partial charge in [-0.15, -0.1) is 0 Å². The van der Waals surface area contributed by atoms with Crippen molar-refractivity contribution in [3.8, 4) is 45.3 Å². The highest BCUT2D eigenvalue weighted by molar-refractivity contribution is 6.09. The number of aromatic hydroxyl groups is 1. The van der Waals surface area contributed by atoms with E-state index in [1.807, 2.05) is 73.7 Å². The van der Waals surface area contributed by atoms with Crippen LogP contribution < -0.4 is 10.1 Å². The lowest BCUT2D eigenvalue weighted by Crippen LogP contribution is -2.13. The number of phenols is 1. The van der Waals surface area contributed by atoms with E-state index in [1.165, 1.54) is 0 Å². The Bertz CT molecular complexity index is 1540. The number of carbonyl (C=O) groups excluding carboxylic acids is 1. The number of methoxy groups -OCH3 is 1. The third-order valence-electron chi connectivity index (χ3n) is 5.83. The van der Waals surface area contributed by atoms with Crippen LogP contribution in [-0.2, 0) is 0 Å². The summed E-state index contributed by atoms with van der Waals surface area (Å²) in [6, 6.07) is 29.4. The van der Waals surface area contributed by atoms with E-state index < -0.39 is 0 Å². The highest BCUT2D eigenvalue weighted by Crippen LogP contribution is 2.36. The predicted molar refractivity (Wildman–Crippen MR) is 140 cm³/mol. The summed E-state index contributed by atoms with van der Waals surface area (Å²) in [5, 5.41) is 13.4. The van der Waals surface area contributed by atoms with Crippen LogP contribution in [0.5, 0.6) is 11.5 Å². The van der Waals surface area contributed by atoms with Crippen LogP contribution >= 0.6 is 0 Å². The van der Waals surface area contributed by atoms with Gasteiger partial charge in [0, 0.05) is 22.3 Å². The van der Waals surface area contributed by atoms with Crippen LogP contribution in [0.3, 0.4) is 0 Å². The summed E-state index contributed by atoms with van der Waals surface area (Å²) < 4.78 is 11.4. The smallest absolute Gasteiger partial charge is 0.258 e. The van der Waals surface area contributed by atoms with Crippen molar-refractivity contribution in [2.45, 2.75) is 6.92 Å². The second kappa shape index (κ2) is 9.80. The Morgan fingerprint density at radius 2 is 1.61 bits per heavy atom. The molecule has 36 heavy (non-hydrogen) atoms. The quantitative estimate of drug-likeness (QED) is 0.277. The van der Waals surface area contributed by atoms with Gasteiger partial charge in [0.15, 0.2) is 0 Å². The number of aryl methyl sites for hydroxylation is 1. The van der Waals surface area contributed by atoms with E-state index in [0.717, 1.165) is 16.7 Å². The van der Waals surface area contributed by atoms with Crippen LogP contribution in [0.15, 0.2) is 101 Å². The second-order valence-electron chi connectivity index (χ2n) is 8.32. The molecule has 0 unspecified atom stereocenters. The Morgan fingerprint density at radius 3 is 2.39 bits per heavy atom. The van der Waals surface area contributed by atoms with Gasteiger partial charge in [-0.05, 0) is 54.4 Å². The molecule has 0 saturated carbocycles. The SMILES string of the molecule is COc1cccc(-c2nc(-c3ccccc3)oc2NC(=O)c2ccccc2-c2ccc(C)cc2O)c1. The van der Waals surface area contributed by atoms with Crippen molar-refractivity contribution in [3.05, 3.63) is 108 Å². The number of benzene rings is 4. The van der Waals surface area contributed by atoms with E-state index >= 15 is 0 Å². The lowest BCUT2D eigenvalue weighted by Gasteiger charge is -2.12. The fourth-order valence-corrected chi connectivity index (χ4v) is 4.03. The zero-order valence-electron chi connectivity index (χ0n) is 19.9. The van der Waals surface area contributed by atoms with Gasteiger partial charge < -0.3 is 14.3 Å². The zero-order valence-corrected chi connectivity index (χ0v) is 19.9. The number of oxazole rings is 1. The maximum absolute atomic E-state index is 13.5. The third-order valence-corrected chi connectivity index (χ3v) is 5.83. The molecule has 0 radical (unpaired) electrons. The van der Waals surface area contributed by atoms with Crippen LogP contribution in [0, 0.1) is 6.92 Å². The first-order chi connectivity index (χ1) is 17.5. The number of rotatable bonds is 6. The first-order valence-electron chi connectivity index (χ1n) is 11.4. The van der Waals surface area contributed by atoms with Crippen molar-refractivity contribution in [1.29, 1.82) is 0 Å². The summed E-state index contributed by atoms with van der Waals surface area (Å²) in [6.07, 6.45) is 0. The average Bonchev–Trinajstić information content (AvgIpc) is 3.33. The van der Waals surface area contributed by atoms with Gasteiger partial charge >= 0.3 is 0 Å². The van der Waals surface area contributed by atoms with Crippen molar-refractivity contribution in [3.63, 3.8) is 0 Å². The van der Waals surface area contributed by atoms with Crippen molar-refractivity contribution in [2.24, 2.45) is 0 Å². The maximum Gasteiger partial charge on any atom is 0.258 e. The van der Waals surface area contributed by atoms with E-state index in [9.17, 15) is 9.90 Å². The summed E-state index contributed by atoms with van der Waals surface area (Å²) in [5.74, 6) is 0.987. The Labute approximate surface area is 208 Å². The first-order valence-corrected chi connectivity index (χ1v) is 11.4. The molecule has 1 aromatic heterocycles. The van der Waals surface area contributed by atoms with E-state index in [4.69, 9.17) is 14.1 Å². The fraction of sp³-hybridized carbons (Fsp3) is 0.0667. The molecule has 0 spiro atoms. The number of aromatic nitrogens is 1. The average molecular weight is 477 g/mol. The van der Waals surface area contributed by atoms with Gasteiger partial charge in [-0.3, -0.25) is 10.1 Å². The Balaban J connectivity index is 1.57. The summed E-state index contributed by atoms with van der Waals surface area (Å²) in [5.41, 5.74) is 4.51. The molecule has 5 aromatic rings. The Hall–Kier alpha value is -4.84. The van der Waals surface area contributed by atoms with Gasteiger partial charge in [0.25, 0.3) is 5.91 Å². The number of ether oxygens (including phenoxy) is 1. The first kappa shape index (κ1) is 22.9. The highest BCUT2D eigenvalue weighted by Gasteiger charge is 2.22. The zero-order chi connectivity index (χ0) is 25.1. The number of nitrogens with one attached hydrogen (secondary N) is 1. The van der Waals surface area contributed by atoms with Crippen LogP contribution in [0.4, 0.5) is 5.88 Å². The molecule has 0 fully saturated rings. The number of carbonyl (C=O) groups is 1. The molecule has 6 nitrogen and oxygen atoms in total. The monoisotopic (exact) mass is 476 g/mol. The van der Waals surface area contributed by atoms with Gasteiger partial charge in [-0.1, -0.05) is 60.7 Å². The number of hydrogen-bond acceptors (Lipinski definition) is 5. The molecule has 6 heteroatoms. The van der Waals surface area contributed by atoms with Crippen molar-refractivity contribution >= 4 is 11.8 Å². The van der Waals surface area contributed by atoms with E-state index in [0.29, 0.717) is 34.0 Å². The number of amides is 1. The molecule has 1 heterocycles. The molecule has 178 valence electrons. The Morgan fingerprint density at radius 1 is 0.861 bits per heavy atom. The molecular weight excluding hydrogens is 452 g/mol. The predicted octanol–water partition coefficient (Wildman–Crippen LogP) is 6.95. The normalized spacial score (nSPS) is 10.7. The molecule has 0 aliphatic rings. The Kier molecular flexibility index (Phi) is 6.24. The number of hydrogen-bond donors (Lipinski definition) is 2. The number of phenolic OH excluding ortho intramolecular Hbond substituents is 1.